The average molecular weight is 326 g/mol. The molecular weight excluding hydrogens is 314 g/mol. The largest absolute Gasteiger partial charge is 0.502 e. The Bertz CT molecular complexity index is 662. The van der Waals surface area contributed by atoms with Gasteiger partial charge >= 0.3 is 11.7 Å². The van der Waals surface area contributed by atoms with E-state index < -0.39 is 17.0 Å². The van der Waals surface area contributed by atoms with Crippen LogP contribution in [0.25, 0.3) is 0 Å². The number of nitrogens with zero attached hydrogens (tertiary/aromatic N) is 1. The topological polar surface area (TPSA) is 121 Å². The van der Waals surface area contributed by atoms with Crippen LogP contribution in [0.1, 0.15) is 11.7 Å². The molecule has 0 heterocycles. The van der Waals surface area contributed by atoms with Crippen molar-refractivity contribution in [1.29, 1.82) is 0 Å². The summed E-state index contributed by atoms with van der Waals surface area (Å²) in [6, 6.07) is 11.9. The molecule has 0 aliphatic heterocycles. The van der Waals surface area contributed by atoms with Gasteiger partial charge in [0.15, 0.2) is 11.9 Å². The van der Waals surface area contributed by atoms with E-state index in [4.69, 9.17) is 26.9 Å². The zero-order valence-corrected chi connectivity index (χ0v) is 11.8. The molecule has 0 saturated heterocycles. The molecule has 0 aromatic heterocycles. The number of aliphatic carboxylic acids is 1. The van der Waals surface area contributed by atoms with Gasteiger partial charge in [-0.25, -0.2) is 4.79 Å². The van der Waals surface area contributed by atoms with Gasteiger partial charge in [0.25, 0.3) is 0 Å². The summed E-state index contributed by atoms with van der Waals surface area (Å²) in [5, 5.41) is 36.7. The Hall–Kier alpha value is -2.64. The van der Waals surface area contributed by atoms with E-state index in [9.17, 15) is 14.9 Å². The standard InChI is InChI=1S/C8H8O3.C6H4ClNO3/c9-7(8(10)11)6-4-2-1-3-5-6;7-4-1-2-6(9)5(3-4)8(10)11/h1-5,7,9H,(H,10,11);1-3,9H. The van der Waals surface area contributed by atoms with E-state index in [1.807, 2.05) is 0 Å². The molecule has 0 spiro atoms. The summed E-state index contributed by atoms with van der Waals surface area (Å²) < 4.78 is 0. The Morgan fingerprint density at radius 1 is 1.18 bits per heavy atom. The predicted octanol–water partition coefficient (Wildman–Crippen LogP) is 2.76. The van der Waals surface area contributed by atoms with Crippen LogP contribution in [-0.4, -0.2) is 26.2 Å². The highest BCUT2D eigenvalue weighted by molar-refractivity contribution is 6.30. The number of carbonyl (C=O) groups is 1. The number of aliphatic hydroxyl groups excluding tert-OH is 1. The van der Waals surface area contributed by atoms with Crippen molar-refractivity contribution >= 4 is 23.3 Å². The Balaban J connectivity index is 0.000000220. The summed E-state index contributed by atoms with van der Waals surface area (Å²) in [4.78, 5) is 19.7. The molecule has 2 rings (SSSR count). The van der Waals surface area contributed by atoms with Gasteiger partial charge in [-0.1, -0.05) is 41.9 Å². The van der Waals surface area contributed by atoms with E-state index in [1.54, 1.807) is 30.3 Å². The maximum atomic E-state index is 10.2. The zero-order valence-electron chi connectivity index (χ0n) is 11.1. The number of phenolic OH excluding ortho intramolecular Hbond substituents is 1. The molecule has 7 nitrogen and oxygen atoms in total. The van der Waals surface area contributed by atoms with E-state index in [1.165, 1.54) is 12.1 Å². The number of halogens is 1. The van der Waals surface area contributed by atoms with Gasteiger partial charge in [-0.3, -0.25) is 10.1 Å². The minimum atomic E-state index is -1.41. The van der Waals surface area contributed by atoms with Crippen molar-refractivity contribution in [3.05, 3.63) is 69.2 Å². The van der Waals surface area contributed by atoms with E-state index in [2.05, 4.69) is 0 Å². The zero-order chi connectivity index (χ0) is 16.7. The first-order valence-electron chi connectivity index (χ1n) is 5.91. The third kappa shape index (κ3) is 5.04. The van der Waals surface area contributed by atoms with Crippen LogP contribution in [0.3, 0.4) is 0 Å². The quantitative estimate of drug-likeness (QED) is 0.589. The van der Waals surface area contributed by atoms with E-state index in [-0.39, 0.29) is 16.5 Å². The second-order valence-electron chi connectivity index (χ2n) is 4.04. The Labute approximate surface area is 130 Å². The smallest absolute Gasteiger partial charge is 0.337 e. The van der Waals surface area contributed by atoms with Crippen LogP contribution in [0, 0.1) is 10.1 Å². The van der Waals surface area contributed by atoms with Crippen molar-refractivity contribution in [3.63, 3.8) is 0 Å². The molecular formula is C14H12ClNO6. The molecule has 116 valence electrons. The third-order valence-corrected chi connectivity index (χ3v) is 2.72. The normalized spacial score (nSPS) is 11.0. The van der Waals surface area contributed by atoms with Crippen LogP contribution < -0.4 is 0 Å². The molecule has 0 radical (unpaired) electrons. The number of phenols is 1. The van der Waals surface area contributed by atoms with Crippen LogP contribution in [0.15, 0.2) is 48.5 Å². The van der Waals surface area contributed by atoms with Gasteiger partial charge < -0.3 is 15.3 Å². The fraction of sp³-hybridized carbons (Fsp3) is 0.0714. The lowest BCUT2D eigenvalue weighted by Gasteiger charge is -2.03. The van der Waals surface area contributed by atoms with Crippen molar-refractivity contribution in [3.8, 4) is 5.75 Å². The van der Waals surface area contributed by atoms with Crippen LogP contribution in [-0.2, 0) is 4.79 Å². The molecule has 0 aliphatic carbocycles. The molecule has 1 atom stereocenters. The summed E-state index contributed by atoms with van der Waals surface area (Å²) >= 11 is 5.45. The van der Waals surface area contributed by atoms with Crippen LogP contribution in [0.2, 0.25) is 5.02 Å². The molecule has 2 aromatic rings. The number of hydrogen-bond acceptors (Lipinski definition) is 5. The highest BCUT2D eigenvalue weighted by Crippen LogP contribution is 2.27. The Kier molecular flexibility index (Phi) is 6.30. The second-order valence-corrected chi connectivity index (χ2v) is 4.48. The first-order chi connectivity index (χ1) is 10.3. The number of benzene rings is 2. The Morgan fingerprint density at radius 2 is 1.77 bits per heavy atom. The highest BCUT2D eigenvalue weighted by Gasteiger charge is 2.14. The maximum absolute atomic E-state index is 10.2. The van der Waals surface area contributed by atoms with Gasteiger partial charge in [-0.2, -0.15) is 0 Å². The van der Waals surface area contributed by atoms with Gasteiger partial charge in [0, 0.05) is 11.1 Å². The Morgan fingerprint density at radius 3 is 2.23 bits per heavy atom. The molecule has 22 heavy (non-hydrogen) atoms. The van der Waals surface area contributed by atoms with Gasteiger partial charge in [0.05, 0.1) is 4.92 Å². The van der Waals surface area contributed by atoms with Crippen molar-refractivity contribution in [2.45, 2.75) is 6.10 Å². The van der Waals surface area contributed by atoms with E-state index in [0.717, 1.165) is 6.07 Å². The minimum Gasteiger partial charge on any atom is -0.502 e. The molecule has 0 aliphatic rings. The summed E-state index contributed by atoms with van der Waals surface area (Å²) in [7, 11) is 0. The molecule has 3 N–H and O–H groups in total. The van der Waals surface area contributed by atoms with E-state index >= 15 is 0 Å². The second kappa shape index (κ2) is 7.96. The monoisotopic (exact) mass is 325 g/mol. The number of rotatable bonds is 3. The summed E-state index contributed by atoms with van der Waals surface area (Å²) in [6.45, 7) is 0. The lowest BCUT2D eigenvalue weighted by atomic mass is 10.1. The fourth-order valence-corrected chi connectivity index (χ4v) is 1.59. The first kappa shape index (κ1) is 17.4. The van der Waals surface area contributed by atoms with Crippen molar-refractivity contribution in [2.75, 3.05) is 0 Å². The van der Waals surface area contributed by atoms with Gasteiger partial charge in [-0.15, -0.1) is 0 Å². The predicted molar refractivity (Wildman–Crippen MR) is 78.8 cm³/mol. The van der Waals surface area contributed by atoms with Crippen LogP contribution in [0.5, 0.6) is 5.75 Å². The fourth-order valence-electron chi connectivity index (χ4n) is 1.42. The summed E-state index contributed by atoms with van der Waals surface area (Å²) in [5.74, 6) is -1.60. The highest BCUT2D eigenvalue weighted by atomic mass is 35.5. The van der Waals surface area contributed by atoms with Gasteiger partial charge in [0.2, 0.25) is 0 Å². The number of nitro groups is 1. The number of carboxylic acid groups (broad SMARTS) is 1. The molecule has 1 unspecified atom stereocenters. The number of nitro benzene ring substituents is 1. The lowest BCUT2D eigenvalue weighted by molar-refractivity contribution is -0.385. The lowest BCUT2D eigenvalue weighted by Crippen LogP contribution is -2.09. The summed E-state index contributed by atoms with van der Waals surface area (Å²) in [5.41, 5.74) is 0.0255. The average Bonchev–Trinajstić information content (AvgIpc) is 2.50. The first-order valence-corrected chi connectivity index (χ1v) is 6.29. The molecule has 0 saturated carbocycles. The van der Waals surface area contributed by atoms with Gasteiger partial charge in [-0.05, 0) is 17.7 Å². The minimum absolute atomic E-state index is 0.231. The van der Waals surface area contributed by atoms with Crippen molar-refractivity contribution in [1.82, 2.24) is 0 Å². The number of carboxylic acids is 1. The summed E-state index contributed by atoms with van der Waals surface area (Å²) in [6.07, 6.45) is -1.41. The van der Waals surface area contributed by atoms with Crippen LogP contribution in [0.4, 0.5) is 5.69 Å². The van der Waals surface area contributed by atoms with Crippen molar-refractivity contribution < 1.29 is 25.0 Å². The van der Waals surface area contributed by atoms with Gasteiger partial charge in [0.1, 0.15) is 0 Å². The molecule has 0 bridgehead atoms. The maximum Gasteiger partial charge on any atom is 0.337 e. The molecule has 0 amide bonds. The molecule has 2 aromatic carbocycles. The molecule has 8 heteroatoms. The SMILES string of the molecule is O=C(O)C(O)c1ccccc1.O=[N+]([O-])c1cc(Cl)ccc1O. The number of aromatic hydroxyl groups is 1. The third-order valence-electron chi connectivity index (χ3n) is 2.48. The van der Waals surface area contributed by atoms with E-state index in [0.29, 0.717) is 5.56 Å². The van der Waals surface area contributed by atoms with Crippen molar-refractivity contribution in [2.24, 2.45) is 0 Å². The van der Waals surface area contributed by atoms with Crippen LogP contribution >= 0.6 is 11.6 Å². The molecule has 0 fully saturated rings. The number of hydrogen-bond donors (Lipinski definition) is 3. The number of aliphatic hydroxyl groups is 1.